The fourth-order valence-corrected chi connectivity index (χ4v) is 1.62. The van der Waals surface area contributed by atoms with Crippen LogP contribution in [0.5, 0.6) is 0 Å². The summed E-state index contributed by atoms with van der Waals surface area (Å²) in [7, 11) is 0. The minimum Gasteiger partial charge on any atom is -0.477 e. The summed E-state index contributed by atoms with van der Waals surface area (Å²) >= 11 is 0. The molecule has 0 unspecified atom stereocenters. The maximum absolute atomic E-state index is 12.4. The van der Waals surface area contributed by atoms with Crippen LogP contribution in [-0.4, -0.2) is 20.6 Å². The van der Waals surface area contributed by atoms with Crippen molar-refractivity contribution in [3.8, 4) is 0 Å². The van der Waals surface area contributed by atoms with Gasteiger partial charge in [-0.2, -0.15) is 13.2 Å². The van der Waals surface area contributed by atoms with Crippen LogP contribution in [0.4, 0.5) is 13.2 Å². The fraction of sp³-hybridized carbons (Fsp3) is 0.167. The predicted octanol–water partition coefficient (Wildman–Crippen LogP) is 2.65. The quantitative estimate of drug-likeness (QED) is 0.932. The number of hydrogen-bond acceptors (Lipinski definition) is 2. The molecule has 0 fully saturated rings. The van der Waals surface area contributed by atoms with Gasteiger partial charge in [0, 0.05) is 6.54 Å². The fourth-order valence-electron chi connectivity index (χ4n) is 1.62. The first-order valence-electron chi connectivity index (χ1n) is 5.27. The minimum atomic E-state index is -4.38. The first-order valence-corrected chi connectivity index (χ1v) is 5.27. The second-order valence-corrected chi connectivity index (χ2v) is 3.91. The second kappa shape index (κ2) is 4.75. The molecular formula is C12H9F3N2O2. The van der Waals surface area contributed by atoms with Gasteiger partial charge in [-0.3, -0.25) is 0 Å². The van der Waals surface area contributed by atoms with E-state index in [0.29, 0.717) is 5.56 Å². The van der Waals surface area contributed by atoms with Crippen molar-refractivity contribution in [1.82, 2.24) is 9.55 Å². The van der Waals surface area contributed by atoms with E-state index in [4.69, 9.17) is 5.11 Å². The Morgan fingerprint density at radius 3 is 2.42 bits per heavy atom. The summed E-state index contributed by atoms with van der Waals surface area (Å²) < 4.78 is 38.5. The average molecular weight is 270 g/mol. The van der Waals surface area contributed by atoms with E-state index in [0.717, 1.165) is 12.1 Å². The number of hydrogen-bond donors (Lipinski definition) is 1. The number of aromatic carboxylic acids is 1. The van der Waals surface area contributed by atoms with Gasteiger partial charge in [0.2, 0.25) is 0 Å². The Bertz CT molecular complexity index is 588. The van der Waals surface area contributed by atoms with E-state index >= 15 is 0 Å². The van der Waals surface area contributed by atoms with Crippen LogP contribution in [0, 0.1) is 0 Å². The number of carbonyl (C=O) groups is 1. The van der Waals surface area contributed by atoms with Crippen molar-refractivity contribution in [1.29, 1.82) is 0 Å². The van der Waals surface area contributed by atoms with Gasteiger partial charge < -0.3 is 9.67 Å². The zero-order valence-corrected chi connectivity index (χ0v) is 9.55. The van der Waals surface area contributed by atoms with Crippen molar-refractivity contribution in [2.24, 2.45) is 0 Å². The van der Waals surface area contributed by atoms with E-state index in [1.165, 1.54) is 29.2 Å². The summed E-state index contributed by atoms with van der Waals surface area (Å²) in [5, 5.41) is 8.87. The molecule has 0 saturated carbocycles. The Hall–Kier alpha value is -2.31. The van der Waals surface area contributed by atoms with E-state index < -0.39 is 17.7 Å². The van der Waals surface area contributed by atoms with Gasteiger partial charge in [-0.1, -0.05) is 12.1 Å². The van der Waals surface area contributed by atoms with Crippen LogP contribution in [0.1, 0.15) is 21.6 Å². The lowest BCUT2D eigenvalue weighted by Crippen LogP contribution is -2.09. The summed E-state index contributed by atoms with van der Waals surface area (Å²) in [5.41, 5.74) is -0.186. The smallest absolute Gasteiger partial charge is 0.416 e. The van der Waals surface area contributed by atoms with Gasteiger partial charge in [0.15, 0.2) is 0 Å². The highest BCUT2D eigenvalue weighted by molar-refractivity contribution is 5.85. The van der Waals surface area contributed by atoms with Crippen molar-refractivity contribution < 1.29 is 23.1 Å². The molecule has 0 saturated heterocycles. The number of alkyl halides is 3. The molecule has 0 spiro atoms. The third kappa shape index (κ3) is 2.93. The molecule has 0 aliphatic heterocycles. The first kappa shape index (κ1) is 13.1. The maximum Gasteiger partial charge on any atom is 0.416 e. The topological polar surface area (TPSA) is 55.1 Å². The van der Waals surface area contributed by atoms with Crippen LogP contribution >= 0.6 is 0 Å². The summed E-state index contributed by atoms with van der Waals surface area (Å²) in [6.45, 7) is 0.153. The minimum absolute atomic E-state index is 0.0140. The molecule has 0 atom stereocenters. The van der Waals surface area contributed by atoms with Crippen molar-refractivity contribution in [2.75, 3.05) is 0 Å². The average Bonchev–Trinajstić information content (AvgIpc) is 2.77. The lowest BCUT2D eigenvalue weighted by Gasteiger charge is -2.09. The SMILES string of the molecule is O=C(O)c1cncn1Cc1ccc(C(F)(F)F)cc1. The van der Waals surface area contributed by atoms with Crippen LogP contribution in [0.2, 0.25) is 0 Å². The molecule has 7 heteroatoms. The number of halogens is 3. The third-order valence-corrected chi connectivity index (χ3v) is 2.57. The molecule has 2 rings (SSSR count). The molecule has 1 aromatic heterocycles. The van der Waals surface area contributed by atoms with E-state index in [1.807, 2.05) is 0 Å². The number of carboxylic acids is 1. The Balaban J connectivity index is 2.20. The van der Waals surface area contributed by atoms with Gasteiger partial charge in [-0.05, 0) is 17.7 Å². The summed E-state index contributed by atoms with van der Waals surface area (Å²) in [6.07, 6.45) is -1.87. The number of benzene rings is 1. The molecule has 100 valence electrons. The molecule has 2 aromatic rings. The molecule has 1 aromatic carbocycles. The van der Waals surface area contributed by atoms with Crippen LogP contribution in [0.15, 0.2) is 36.8 Å². The molecule has 4 nitrogen and oxygen atoms in total. The summed E-state index contributed by atoms with van der Waals surface area (Å²) in [6, 6.07) is 4.56. The van der Waals surface area contributed by atoms with Gasteiger partial charge in [0.25, 0.3) is 0 Å². The molecule has 0 bridgehead atoms. The molecule has 0 radical (unpaired) electrons. The van der Waals surface area contributed by atoms with Crippen molar-refractivity contribution in [3.63, 3.8) is 0 Å². The highest BCUT2D eigenvalue weighted by Crippen LogP contribution is 2.29. The highest BCUT2D eigenvalue weighted by atomic mass is 19.4. The normalized spacial score (nSPS) is 11.5. The van der Waals surface area contributed by atoms with E-state index in [-0.39, 0.29) is 12.2 Å². The van der Waals surface area contributed by atoms with Crippen molar-refractivity contribution in [3.05, 3.63) is 53.6 Å². The Morgan fingerprint density at radius 2 is 1.89 bits per heavy atom. The van der Waals surface area contributed by atoms with E-state index in [2.05, 4.69) is 4.98 Å². The monoisotopic (exact) mass is 270 g/mol. The van der Waals surface area contributed by atoms with Crippen LogP contribution in [0.3, 0.4) is 0 Å². The number of carboxylic acid groups (broad SMARTS) is 1. The predicted molar refractivity (Wildman–Crippen MR) is 59.7 cm³/mol. The van der Waals surface area contributed by atoms with Gasteiger partial charge in [-0.15, -0.1) is 0 Å². The van der Waals surface area contributed by atoms with Gasteiger partial charge in [0.1, 0.15) is 5.69 Å². The Labute approximate surface area is 106 Å². The van der Waals surface area contributed by atoms with E-state index in [9.17, 15) is 18.0 Å². The van der Waals surface area contributed by atoms with Crippen molar-refractivity contribution in [2.45, 2.75) is 12.7 Å². The standard InChI is InChI=1S/C12H9F3N2O2/c13-12(14,15)9-3-1-8(2-4-9)6-17-7-16-5-10(17)11(18)19/h1-5,7H,6H2,(H,18,19). The largest absolute Gasteiger partial charge is 0.477 e. The molecule has 0 aliphatic carbocycles. The van der Waals surface area contributed by atoms with Crippen molar-refractivity contribution >= 4 is 5.97 Å². The second-order valence-electron chi connectivity index (χ2n) is 3.91. The van der Waals surface area contributed by atoms with Gasteiger partial charge >= 0.3 is 12.1 Å². The molecular weight excluding hydrogens is 261 g/mol. The summed E-state index contributed by atoms with van der Waals surface area (Å²) in [4.78, 5) is 14.5. The summed E-state index contributed by atoms with van der Waals surface area (Å²) in [5.74, 6) is -1.13. The maximum atomic E-state index is 12.4. The van der Waals surface area contributed by atoms with Gasteiger partial charge in [0.05, 0.1) is 18.1 Å². The number of nitrogens with zero attached hydrogens (tertiary/aromatic N) is 2. The third-order valence-electron chi connectivity index (χ3n) is 2.57. The number of rotatable bonds is 3. The number of aromatic nitrogens is 2. The molecule has 1 N–H and O–H groups in total. The zero-order chi connectivity index (χ0) is 14.0. The molecule has 1 heterocycles. The Kier molecular flexibility index (Phi) is 3.28. The van der Waals surface area contributed by atoms with Crippen LogP contribution in [0.25, 0.3) is 0 Å². The molecule has 0 amide bonds. The van der Waals surface area contributed by atoms with E-state index in [1.54, 1.807) is 0 Å². The lowest BCUT2D eigenvalue weighted by atomic mass is 10.1. The first-order chi connectivity index (χ1) is 8.88. The molecule has 0 aliphatic rings. The number of imidazole rings is 1. The van der Waals surface area contributed by atoms with Crippen LogP contribution < -0.4 is 0 Å². The van der Waals surface area contributed by atoms with Gasteiger partial charge in [-0.25, -0.2) is 9.78 Å². The van der Waals surface area contributed by atoms with Crippen LogP contribution in [-0.2, 0) is 12.7 Å². The lowest BCUT2D eigenvalue weighted by molar-refractivity contribution is -0.137. The molecule has 19 heavy (non-hydrogen) atoms. The highest BCUT2D eigenvalue weighted by Gasteiger charge is 2.29. The zero-order valence-electron chi connectivity index (χ0n) is 9.55. The Morgan fingerprint density at radius 1 is 1.26 bits per heavy atom.